The van der Waals surface area contributed by atoms with Crippen LogP contribution in [0.2, 0.25) is 5.02 Å². The Hall–Kier alpha value is -0.460. The van der Waals surface area contributed by atoms with Crippen molar-refractivity contribution in [1.29, 1.82) is 0 Å². The SMILES string of the molecule is C=C(C)C[C@H](c1ccc(Cl)cc1C(F)(F)F)N1CCNCC1.Cl.Cl. The molecule has 0 unspecified atom stereocenters. The normalized spacial score (nSPS) is 16.7. The third kappa shape index (κ3) is 6.12. The van der Waals surface area contributed by atoms with Crippen LogP contribution in [0.5, 0.6) is 0 Å². The molecule has 1 saturated heterocycles. The molecule has 1 N–H and O–H groups in total. The Balaban J connectivity index is 0.00000264. The lowest BCUT2D eigenvalue weighted by Crippen LogP contribution is -2.45. The van der Waals surface area contributed by atoms with Gasteiger partial charge in [0.1, 0.15) is 0 Å². The molecule has 0 bridgehead atoms. The molecule has 1 aliphatic rings. The van der Waals surface area contributed by atoms with E-state index in [2.05, 4.69) is 16.8 Å². The third-order valence-corrected chi connectivity index (χ3v) is 4.05. The van der Waals surface area contributed by atoms with Crippen molar-refractivity contribution in [3.05, 3.63) is 46.5 Å². The Morgan fingerprint density at radius 2 is 1.88 bits per heavy atom. The number of hydrogen-bond acceptors (Lipinski definition) is 2. The van der Waals surface area contributed by atoms with Crippen LogP contribution in [0.1, 0.15) is 30.5 Å². The monoisotopic (exact) mass is 404 g/mol. The lowest BCUT2D eigenvalue weighted by molar-refractivity contribution is -0.138. The van der Waals surface area contributed by atoms with Crippen LogP contribution < -0.4 is 5.32 Å². The van der Waals surface area contributed by atoms with Crippen LogP contribution in [0.15, 0.2) is 30.4 Å². The maximum Gasteiger partial charge on any atom is 0.416 e. The van der Waals surface area contributed by atoms with Crippen molar-refractivity contribution in [2.24, 2.45) is 0 Å². The minimum Gasteiger partial charge on any atom is -0.314 e. The zero-order valence-electron chi connectivity index (χ0n) is 13.3. The fraction of sp³-hybridized carbons (Fsp3) is 0.500. The average molecular weight is 406 g/mol. The summed E-state index contributed by atoms with van der Waals surface area (Å²) < 4.78 is 40.1. The molecule has 1 aliphatic heterocycles. The highest BCUT2D eigenvalue weighted by Gasteiger charge is 2.37. The lowest BCUT2D eigenvalue weighted by atomic mass is 9.93. The van der Waals surface area contributed by atoms with Crippen LogP contribution in [0.25, 0.3) is 0 Å². The number of hydrogen-bond donors (Lipinski definition) is 1. The number of piperazine rings is 1. The summed E-state index contributed by atoms with van der Waals surface area (Å²) in [6.45, 7) is 8.72. The molecule has 2 rings (SSSR count). The molecule has 1 heterocycles. The van der Waals surface area contributed by atoms with Crippen LogP contribution in [0, 0.1) is 0 Å². The topological polar surface area (TPSA) is 15.3 Å². The van der Waals surface area contributed by atoms with Gasteiger partial charge in [0, 0.05) is 37.2 Å². The first-order valence-electron chi connectivity index (χ1n) is 7.25. The van der Waals surface area contributed by atoms with Crippen molar-refractivity contribution in [1.82, 2.24) is 10.2 Å². The van der Waals surface area contributed by atoms with Gasteiger partial charge in [-0.2, -0.15) is 13.2 Å². The molecule has 1 fully saturated rings. The van der Waals surface area contributed by atoms with Gasteiger partial charge in [-0.3, -0.25) is 4.90 Å². The summed E-state index contributed by atoms with van der Waals surface area (Å²) in [5.74, 6) is 0. The second-order valence-corrected chi connectivity index (χ2v) is 6.13. The molecular formula is C16H22Cl3F3N2. The van der Waals surface area contributed by atoms with E-state index in [0.717, 1.165) is 37.8 Å². The maximum absolute atomic E-state index is 13.4. The van der Waals surface area contributed by atoms with Crippen molar-refractivity contribution >= 4 is 36.4 Å². The minimum absolute atomic E-state index is 0. The maximum atomic E-state index is 13.4. The second kappa shape index (κ2) is 9.88. The predicted octanol–water partition coefficient (Wildman–Crippen LogP) is 5.11. The predicted molar refractivity (Wildman–Crippen MR) is 97.6 cm³/mol. The minimum atomic E-state index is -4.42. The standard InChI is InChI=1S/C16H20ClF3N2.2ClH/c1-11(2)9-15(22-7-5-21-6-8-22)13-4-3-12(17)10-14(13)16(18,19)20;;/h3-4,10,15,21H,1,5-9H2,2H3;2*1H/t15-;;/m1../s1. The molecule has 0 aromatic heterocycles. The van der Waals surface area contributed by atoms with E-state index in [9.17, 15) is 13.2 Å². The Kier molecular flexibility index (Phi) is 9.69. The molecule has 0 amide bonds. The number of nitrogens with one attached hydrogen (secondary N) is 1. The highest BCUT2D eigenvalue weighted by molar-refractivity contribution is 6.30. The Morgan fingerprint density at radius 1 is 1.29 bits per heavy atom. The summed E-state index contributed by atoms with van der Waals surface area (Å²) in [6.07, 6.45) is -3.91. The van der Waals surface area contributed by atoms with Gasteiger partial charge in [-0.1, -0.05) is 23.2 Å². The van der Waals surface area contributed by atoms with Gasteiger partial charge in [0.05, 0.1) is 5.56 Å². The summed E-state index contributed by atoms with van der Waals surface area (Å²) in [7, 11) is 0. The van der Waals surface area contributed by atoms with Crippen molar-refractivity contribution in [2.75, 3.05) is 26.2 Å². The molecule has 0 aliphatic carbocycles. The van der Waals surface area contributed by atoms with Gasteiger partial charge in [0.15, 0.2) is 0 Å². The highest BCUT2D eigenvalue weighted by Crippen LogP contribution is 2.39. The van der Waals surface area contributed by atoms with E-state index in [-0.39, 0.29) is 41.4 Å². The van der Waals surface area contributed by atoms with Gasteiger partial charge in [0.25, 0.3) is 0 Å². The second-order valence-electron chi connectivity index (χ2n) is 5.69. The average Bonchev–Trinajstić information content (AvgIpc) is 2.45. The quantitative estimate of drug-likeness (QED) is 0.700. The van der Waals surface area contributed by atoms with Gasteiger partial charge >= 0.3 is 6.18 Å². The van der Waals surface area contributed by atoms with E-state index < -0.39 is 11.7 Å². The van der Waals surface area contributed by atoms with Gasteiger partial charge in [0.2, 0.25) is 0 Å². The number of benzene rings is 1. The number of alkyl halides is 3. The molecule has 2 nitrogen and oxygen atoms in total. The molecular weight excluding hydrogens is 384 g/mol. The first-order chi connectivity index (χ1) is 10.3. The molecule has 1 aromatic carbocycles. The number of rotatable bonds is 4. The van der Waals surface area contributed by atoms with Gasteiger partial charge in [-0.25, -0.2) is 0 Å². The first-order valence-corrected chi connectivity index (χ1v) is 7.62. The van der Waals surface area contributed by atoms with Crippen molar-refractivity contribution in [3.63, 3.8) is 0 Å². The Bertz CT molecular complexity index is 544. The van der Waals surface area contributed by atoms with Gasteiger partial charge in [-0.05, 0) is 31.0 Å². The molecule has 0 spiro atoms. The summed E-state index contributed by atoms with van der Waals surface area (Å²) in [4.78, 5) is 2.09. The molecule has 8 heteroatoms. The molecule has 24 heavy (non-hydrogen) atoms. The van der Waals surface area contributed by atoms with Crippen LogP contribution in [0.4, 0.5) is 13.2 Å². The number of halogens is 6. The number of nitrogens with zero attached hydrogens (tertiary/aromatic N) is 1. The van der Waals surface area contributed by atoms with Crippen LogP contribution in [-0.4, -0.2) is 31.1 Å². The molecule has 1 aromatic rings. The summed E-state index contributed by atoms with van der Waals surface area (Å²) in [5, 5.41) is 3.32. The van der Waals surface area contributed by atoms with E-state index in [0.29, 0.717) is 6.42 Å². The zero-order valence-corrected chi connectivity index (χ0v) is 15.7. The van der Waals surface area contributed by atoms with Crippen LogP contribution >= 0.6 is 36.4 Å². The summed E-state index contributed by atoms with van der Waals surface area (Å²) >= 11 is 5.78. The first kappa shape index (κ1) is 23.5. The van der Waals surface area contributed by atoms with Gasteiger partial charge < -0.3 is 5.32 Å². The van der Waals surface area contributed by atoms with Crippen molar-refractivity contribution < 1.29 is 13.2 Å². The Morgan fingerprint density at radius 3 is 2.38 bits per heavy atom. The van der Waals surface area contributed by atoms with E-state index in [1.807, 2.05) is 6.92 Å². The third-order valence-electron chi connectivity index (χ3n) is 3.81. The summed E-state index contributed by atoms with van der Waals surface area (Å²) in [6, 6.07) is 3.72. The van der Waals surface area contributed by atoms with Crippen LogP contribution in [0.3, 0.4) is 0 Å². The van der Waals surface area contributed by atoms with Crippen molar-refractivity contribution in [3.8, 4) is 0 Å². The highest BCUT2D eigenvalue weighted by atomic mass is 35.5. The smallest absolute Gasteiger partial charge is 0.314 e. The lowest BCUT2D eigenvalue weighted by Gasteiger charge is -2.36. The van der Waals surface area contributed by atoms with E-state index in [1.165, 1.54) is 12.1 Å². The molecule has 0 radical (unpaired) electrons. The fourth-order valence-electron chi connectivity index (χ4n) is 2.82. The van der Waals surface area contributed by atoms with E-state index in [4.69, 9.17) is 11.6 Å². The fourth-order valence-corrected chi connectivity index (χ4v) is 3.00. The largest absolute Gasteiger partial charge is 0.416 e. The molecule has 0 saturated carbocycles. The van der Waals surface area contributed by atoms with Crippen molar-refractivity contribution in [2.45, 2.75) is 25.6 Å². The van der Waals surface area contributed by atoms with Crippen LogP contribution in [-0.2, 0) is 6.18 Å². The van der Waals surface area contributed by atoms with E-state index >= 15 is 0 Å². The molecule has 1 atom stereocenters. The zero-order chi connectivity index (χ0) is 16.3. The summed E-state index contributed by atoms with van der Waals surface area (Å²) in [5.41, 5.74) is 0.498. The van der Waals surface area contributed by atoms with Gasteiger partial charge in [-0.15, -0.1) is 31.4 Å². The van der Waals surface area contributed by atoms with E-state index in [1.54, 1.807) is 0 Å². The Labute approximate surface area is 158 Å². The molecule has 138 valence electrons.